The fraction of sp³-hybridized carbons (Fsp3) is 0.267. The molecular formula is C30H29NO4. The number of carbonyl (C=O) groups is 2. The number of aryl methyl sites for hydroxylation is 3. The minimum Gasteiger partial charge on any atom is -0.507 e. The summed E-state index contributed by atoms with van der Waals surface area (Å²) in [5.41, 5.74) is 5.65. The molecule has 3 aromatic rings. The van der Waals surface area contributed by atoms with Gasteiger partial charge >= 0.3 is 0 Å². The number of ketones is 1. The summed E-state index contributed by atoms with van der Waals surface area (Å²) in [5, 5.41) is 11.4. The fourth-order valence-corrected chi connectivity index (χ4v) is 5.13. The van der Waals surface area contributed by atoms with Crippen molar-refractivity contribution in [1.82, 2.24) is 0 Å². The summed E-state index contributed by atoms with van der Waals surface area (Å²) < 4.78 is 5.30. The molecule has 1 fully saturated rings. The zero-order valence-corrected chi connectivity index (χ0v) is 20.1. The predicted octanol–water partition coefficient (Wildman–Crippen LogP) is 5.76. The first-order valence-electron chi connectivity index (χ1n) is 12.2. The molecule has 1 aliphatic carbocycles. The molecule has 0 aromatic heterocycles. The van der Waals surface area contributed by atoms with E-state index in [2.05, 4.69) is 6.92 Å². The quantitative estimate of drug-likeness (QED) is 0.294. The van der Waals surface area contributed by atoms with Crippen LogP contribution in [0.1, 0.15) is 53.6 Å². The molecule has 1 aliphatic heterocycles. The number of aliphatic hydroxyl groups is 1. The third-order valence-electron chi connectivity index (χ3n) is 7.12. The predicted molar refractivity (Wildman–Crippen MR) is 137 cm³/mol. The third-order valence-corrected chi connectivity index (χ3v) is 7.12. The van der Waals surface area contributed by atoms with Crippen LogP contribution >= 0.6 is 0 Å². The molecule has 1 N–H and O–H groups in total. The molecule has 178 valence electrons. The van der Waals surface area contributed by atoms with Gasteiger partial charge in [0, 0.05) is 11.3 Å². The lowest BCUT2D eigenvalue weighted by Crippen LogP contribution is -2.29. The van der Waals surface area contributed by atoms with E-state index < -0.39 is 17.7 Å². The second-order valence-corrected chi connectivity index (χ2v) is 9.15. The number of aliphatic hydroxyl groups excluding tert-OH is 1. The highest BCUT2D eigenvalue weighted by molar-refractivity contribution is 6.51. The summed E-state index contributed by atoms with van der Waals surface area (Å²) in [5.74, 6) is -0.784. The molecule has 0 spiro atoms. The van der Waals surface area contributed by atoms with Crippen molar-refractivity contribution in [2.45, 2.75) is 45.1 Å². The molecule has 0 radical (unpaired) electrons. The Balaban J connectivity index is 1.66. The van der Waals surface area contributed by atoms with Gasteiger partial charge in [-0.1, -0.05) is 43.3 Å². The minimum absolute atomic E-state index is 0.107. The van der Waals surface area contributed by atoms with Gasteiger partial charge in [0.05, 0.1) is 18.7 Å². The lowest BCUT2D eigenvalue weighted by molar-refractivity contribution is -0.132. The topological polar surface area (TPSA) is 66.8 Å². The van der Waals surface area contributed by atoms with Crippen LogP contribution in [0.15, 0.2) is 72.3 Å². The fourth-order valence-electron chi connectivity index (χ4n) is 5.13. The average Bonchev–Trinajstić information content (AvgIpc) is 3.18. The molecule has 5 heteroatoms. The van der Waals surface area contributed by atoms with Gasteiger partial charge in [-0.15, -0.1) is 0 Å². The van der Waals surface area contributed by atoms with E-state index in [1.807, 2.05) is 54.6 Å². The van der Waals surface area contributed by atoms with E-state index >= 15 is 0 Å². The Kier molecular flexibility index (Phi) is 6.16. The van der Waals surface area contributed by atoms with Crippen LogP contribution in [-0.2, 0) is 28.9 Å². The van der Waals surface area contributed by atoms with Gasteiger partial charge in [0.1, 0.15) is 11.5 Å². The number of Topliss-reactive ketones (excluding diaryl/α,β-unsaturated/α-hetero) is 1. The lowest BCUT2D eigenvalue weighted by Gasteiger charge is -2.26. The van der Waals surface area contributed by atoms with Gasteiger partial charge < -0.3 is 9.84 Å². The SMILES string of the molecule is CCc1ccc(N2C(=O)C(=O)/C(=C(\O)c3ccc4c(c3)CCCC4)C2c2ccc(OC)cc2)cc1. The van der Waals surface area contributed by atoms with E-state index in [4.69, 9.17) is 4.74 Å². The summed E-state index contributed by atoms with van der Waals surface area (Å²) in [6.45, 7) is 2.07. The molecule has 0 bridgehead atoms. The number of carbonyl (C=O) groups excluding carboxylic acids is 2. The van der Waals surface area contributed by atoms with Crippen LogP contribution in [0.25, 0.3) is 5.76 Å². The van der Waals surface area contributed by atoms with E-state index in [1.165, 1.54) is 16.0 Å². The summed E-state index contributed by atoms with van der Waals surface area (Å²) >= 11 is 0. The highest BCUT2D eigenvalue weighted by Crippen LogP contribution is 2.42. The molecule has 0 saturated carbocycles. The minimum atomic E-state index is -0.746. The van der Waals surface area contributed by atoms with Crippen molar-refractivity contribution in [2.75, 3.05) is 12.0 Å². The van der Waals surface area contributed by atoms with E-state index in [0.717, 1.165) is 43.2 Å². The molecule has 1 unspecified atom stereocenters. The molecule has 3 aromatic carbocycles. The van der Waals surface area contributed by atoms with Crippen molar-refractivity contribution in [3.63, 3.8) is 0 Å². The molecule has 35 heavy (non-hydrogen) atoms. The van der Waals surface area contributed by atoms with Gasteiger partial charge in [-0.3, -0.25) is 14.5 Å². The van der Waals surface area contributed by atoms with Gasteiger partial charge in [0.25, 0.3) is 11.7 Å². The van der Waals surface area contributed by atoms with E-state index in [9.17, 15) is 14.7 Å². The highest BCUT2D eigenvalue weighted by atomic mass is 16.5. The van der Waals surface area contributed by atoms with Crippen molar-refractivity contribution in [2.24, 2.45) is 0 Å². The Morgan fingerprint density at radius 2 is 1.63 bits per heavy atom. The second kappa shape index (κ2) is 9.41. The molecule has 1 amide bonds. The largest absolute Gasteiger partial charge is 0.507 e. The molecule has 5 nitrogen and oxygen atoms in total. The Bertz CT molecular complexity index is 1310. The molecular weight excluding hydrogens is 438 g/mol. The van der Waals surface area contributed by atoms with E-state index in [0.29, 0.717) is 17.0 Å². The second-order valence-electron chi connectivity index (χ2n) is 9.15. The molecule has 1 atom stereocenters. The normalized spacial score (nSPS) is 19.0. The van der Waals surface area contributed by atoms with Crippen LogP contribution in [0.2, 0.25) is 0 Å². The maximum Gasteiger partial charge on any atom is 0.300 e. The number of nitrogens with zero attached hydrogens (tertiary/aromatic N) is 1. The van der Waals surface area contributed by atoms with E-state index in [1.54, 1.807) is 19.2 Å². The molecule has 1 saturated heterocycles. The van der Waals surface area contributed by atoms with Crippen LogP contribution in [0, 0.1) is 0 Å². The summed E-state index contributed by atoms with van der Waals surface area (Å²) in [6.07, 6.45) is 5.13. The van der Waals surface area contributed by atoms with Gasteiger partial charge in [0.2, 0.25) is 0 Å². The number of amides is 1. The van der Waals surface area contributed by atoms with Crippen LogP contribution in [0.4, 0.5) is 5.69 Å². The van der Waals surface area contributed by atoms with Crippen molar-refractivity contribution in [3.05, 3.63) is 100 Å². The van der Waals surface area contributed by atoms with Crippen molar-refractivity contribution < 1.29 is 19.4 Å². The summed E-state index contributed by atoms with van der Waals surface area (Å²) in [6, 6.07) is 20.0. The zero-order chi connectivity index (χ0) is 24.5. The first kappa shape index (κ1) is 22.9. The van der Waals surface area contributed by atoms with Crippen LogP contribution in [0.3, 0.4) is 0 Å². The number of rotatable bonds is 5. The Morgan fingerprint density at radius 3 is 2.29 bits per heavy atom. The van der Waals surface area contributed by atoms with Crippen molar-refractivity contribution in [1.29, 1.82) is 0 Å². The van der Waals surface area contributed by atoms with Crippen molar-refractivity contribution in [3.8, 4) is 5.75 Å². The number of ether oxygens (including phenoxy) is 1. The third kappa shape index (κ3) is 4.12. The molecule has 2 aliphatic rings. The van der Waals surface area contributed by atoms with Gasteiger partial charge in [0.15, 0.2) is 0 Å². The first-order valence-corrected chi connectivity index (χ1v) is 12.2. The van der Waals surface area contributed by atoms with E-state index in [-0.39, 0.29) is 11.3 Å². The number of anilines is 1. The maximum absolute atomic E-state index is 13.4. The number of benzene rings is 3. The Labute approximate surface area is 205 Å². The number of methoxy groups -OCH3 is 1. The van der Waals surface area contributed by atoms with Crippen LogP contribution in [-0.4, -0.2) is 23.9 Å². The number of hydrogen-bond acceptors (Lipinski definition) is 4. The van der Waals surface area contributed by atoms with Gasteiger partial charge in [-0.05, 0) is 84.7 Å². The first-order chi connectivity index (χ1) is 17.0. The Morgan fingerprint density at radius 1 is 0.943 bits per heavy atom. The lowest BCUT2D eigenvalue weighted by atomic mass is 9.88. The average molecular weight is 468 g/mol. The summed E-state index contributed by atoms with van der Waals surface area (Å²) in [4.78, 5) is 28.2. The summed E-state index contributed by atoms with van der Waals surface area (Å²) in [7, 11) is 1.59. The zero-order valence-electron chi connectivity index (χ0n) is 20.1. The molecule has 1 heterocycles. The smallest absolute Gasteiger partial charge is 0.300 e. The number of hydrogen-bond donors (Lipinski definition) is 1. The number of fused-ring (bicyclic) bond motifs is 1. The maximum atomic E-state index is 13.4. The van der Waals surface area contributed by atoms with Crippen molar-refractivity contribution >= 4 is 23.1 Å². The Hall–Kier alpha value is -3.86. The molecule has 5 rings (SSSR count). The highest BCUT2D eigenvalue weighted by Gasteiger charge is 2.47. The standard InChI is InChI=1S/C30H29NO4/c1-3-19-8-14-24(15-9-19)31-27(21-12-16-25(35-2)17-13-21)26(29(33)30(31)34)28(32)23-11-10-20-6-4-5-7-22(20)18-23/h8-18,27,32H,3-7H2,1-2H3/b28-26-. The van der Waals surface area contributed by atoms with Crippen LogP contribution in [0.5, 0.6) is 5.75 Å². The monoisotopic (exact) mass is 467 g/mol. The van der Waals surface area contributed by atoms with Gasteiger partial charge in [-0.2, -0.15) is 0 Å². The van der Waals surface area contributed by atoms with Gasteiger partial charge in [-0.25, -0.2) is 0 Å². The van der Waals surface area contributed by atoms with Crippen LogP contribution < -0.4 is 9.64 Å².